The standard InChI is InChI=1S/C21H19ClO5/c1-3-26-20(25)21(13(2)23)17(12-18(24)14-7-5-4-6-8-14)16-11-15(22)9-10-19(16)27-21/h4-11,17H,3,12H2,1-2H3/t17-,21+/m0/s1. The van der Waals surface area contributed by atoms with Crippen LogP contribution in [0, 0.1) is 0 Å². The topological polar surface area (TPSA) is 69.7 Å². The molecule has 0 N–H and O–H groups in total. The highest BCUT2D eigenvalue weighted by Crippen LogP contribution is 2.49. The number of ketones is 2. The number of halogens is 1. The monoisotopic (exact) mass is 386 g/mol. The molecule has 2 aromatic rings. The lowest BCUT2D eigenvalue weighted by Gasteiger charge is -2.29. The number of ether oxygens (including phenoxy) is 2. The van der Waals surface area contributed by atoms with Crippen molar-refractivity contribution in [1.29, 1.82) is 0 Å². The Morgan fingerprint density at radius 1 is 1.15 bits per heavy atom. The van der Waals surface area contributed by atoms with Crippen LogP contribution in [0.4, 0.5) is 0 Å². The Labute approximate surface area is 162 Å². The molecule has 0 unspecified atom stereocenters. The first-order valence-corrected chi connectivity index (χ1v) is 9.03. The predicted octanol–water partition coefficient (Wildman–Crippen LogP) is 3.98. The first-order chi connectivity index (χ1) is 12.9. The van der Waals surface area contributed by atoms with Crippen molar-refractivity contribution in [1.82, 2.24) is 0 Å². The van der Waals surface area contributed by atoms with E-state index in [0.29, 0.717) is 21.9 Å². The van der Waals surface area contributed by atoms with Gasteiger partial charge in [-0.3, -0.25) is 9.59 Å². The van der Waals surface area contributed by atoms with Crippen LogP contribution in [-0.2, 0) is 14.3 Å². The molecule has 1 heterocycles. The van der Waals surface area contributed by atoms with Gasteiger partial charge in [0.2, 0.25) is 0 Å². The molecule has 0 spiro atoms. The van der Waals surface area contributed by atoms with Gasteiger partial charge in [0.15, 0.2) is 11.6 Å². The van der Waals surface area contributed by atoms with E-state index in [9.17, 15) is 14.4 Å². The number of hydrogen-bond donors (Lipinski definition) is 0. The van der Waals surface area contributed by atoms with Crippen molar-refractivity contribution in [3.63, 3.8) is 0 Å². The van der Waals surface area contributed by atoms with E-state index >= 15 is 0 Å². The Balaban J connectivity index is 2.08. The summed E-state index contributed by atoms with van der Waals surface area (Å²) < 4.78 is 11.0. The van der Waals surface area contributed by atoms with E-state index < -0.39 is 23.3 Å². The summed E-state index contributed by atoms with van der Waals surface area (Å²) in [5, 5.41) is 0.428. The highest BCUT2D eigenvalue weighted by Gasteiger charge is 2.59. The van der Waals surface area contributed by atoms with Gasteiger partial charge in [-0.05, 0) is 32.0 Å². The van der Waals surface area contributed by atoms with E-state index in [2.05, 4.69) is 0 Å². The number of rotatable bonds is 6. The van der Waals surface area contributed by atoms with Crippen molar-refractivity contribution in [3.05, 3.63) is 64.7 Å². The largest absolute Gasteiger partial charge is 0.467 e. The Morgan fingerprint density at radius 3 is 2.48 bits per heavy atom. The van der Waals surface area contributed by atoms with Gasteiger partial charge in [0.25, 0.3) is 5.60 Å². The van der Waals surface area contributed by atoms with E-state index in [1.165, 1.54) is 6.92 Å². The summed E-state index contributed by atoms with van der Waals surface area (Å²) in [6.45, 7) is 3.01. The molecule has 5 nitrogen and oxygen atoms in total. The predicted molar refractivity (Wildman–Crippen MR) is 100 cm³/mol. The zero-order valence-electron chi connectivity index (χ0n) is 15.0. The van der Waals surface area contributed by atoms with Crippen LogP contribution in [0.3, 0.4) is 0 Å². The lowest BCUT2D eigenvalue weighted by molar-refractivity contribution is -0.166. The van der Waals surface area contributed by atoms with Crippen LogP contribution in [-0.4, -0.2) is 29.7 Å². The molecule has 0 radical (unpaired) electrons. The molecule has 140 valence electrons. The molecule has 1 aliphatic rings. The Kier molecular flexibility index (Phi) is 5.33. The van der Waals surface area contributed by atoms with Crippen LogP contribution in [0.5, 0.6) is 5.75 Å². The van der Waals surface area contributed by atoms with Gasteiger partial charge in [-0.1, -0.05) is 41.9 Å². The Bertz CT molecular complexity index is 893. The van der Waals surface area contributed by atoms with Crippen LogP contribution in [0.1, 0.15) is 42.1 Å². The molecule has 0 aliphatic carbocycles. The van der Waals surface area contributed by atoms with Gasteiger partial charge in [0, 0.05) is 22.6 Å². The number of Topliss-reactive ketones (excluding diaryl/α,β-unsaturated/α-hetero) is 2. The lowest BCUT2D eigenvalue weighted by Crippen LogP contribution is -2.53. The fourth-order valence-electron chi connectivity index (χ4n) is 3.41. The van der Waals surface area contributed by atoms with Crippen molar-refractivity contribution in [3.8, 4) is 5.75 Å². The highest BCUT2D eigenvalue weighted by molar-refractivity contribution is 6.30. The quantitative estimate of drug-likeness (QED) is 0.426. The van der Waals surface area contributed by atoms with E-state index in [0.717, 1.165) is 0 Å². The van der Waals surface area contributed by atoms with Crippen molar-refractivity contribution in [2.45, 2.75) is 31.8 Å². The summed E-state index contributed by atoms with van der Waals surface area (Å²) in [4.78, 5) is 38.2. The maximum Gasteiger partial charge on any atom is 0.359 e. The number of benzene rings is 2. The third kappa shape index (κ3) is 3.35. The second-order valence-corrected chi connectivity index (χ2v) is 6.78. The number of esters is 1. The summed E-state index contributed by atoms with van der Waals surface area (Å²) in [7, 11) is 0. The van der Waals surface area contributed by atoms with E-state index in [-0.39, 0.29) is 18.8 Å². The molecule has 0 amide bonds. The van der Waals surface area contributed by atoms with Crippen LogP contribution in [0.15, 0.2) is 48.5 Å². The third-order valence-corrected chi connectivity index (χ3v) is 4.93. The first-order valence-electron chi connectivity index (χ1n) is 8.65. The molecule has 0 saturated heterocycles. The summed E-state index contributed by atoms with van der Waals surface area (Å²) >= 11 is 6.11. The molecule has 0 saturated carbocycles. The molecule has 2 aromatic carbocycles. The molecule has 1 aliphatic heterocycles. The normalized spacial score (nSPS) is 20.5. The van der Waals surface area contributed by atoms with Gasteiger partial charge < -0.3 is 9.47 Å². The van der Waals surface area contributed by atoms with Crippen molar-refractivity contribution >= 4 is 29.1 Å². The molecule has 2 atom stereocenters. The van der Waals surface area contributed by atoms with Crippen molar-refractivity contribution < 1.29 is 23.9 Å². The summed E-state index contributed by atoms with van der Waals surface area (Å²) in [5.41, 5.74) is -0.850. The van der Waals surface area contributed by atoms with E-state index in [1.807, 2.05) is 6.07 Å². The second kappa shape index (κ2) is 7.53. The van der Waals surface area contributed by atoms with Gasteiger partial charge in [0.1, 0.15) is 5.75 Å². The van der Waals surface area contributed by atoms with Crippen LogP contribution in [0.2, 0.25) is 5.02 Å². The number of hydrogen-bond acceptors (Lipinski definition) is 5. The van der Waals surface area contributed by atoms with Gasteiger partial charge in [-0.25, -0.2) is 4.79 Å². The molecular formula is C21H19ClO5. The number of fused-ring (bicyclic) bond motifs is 1. The van der Waals surface area contributed by atoms with Crippen molar-refractivity contribution in [2.24, 2.45) is 0 Å². The summed E-state index contributed by atoms with van der Waals surface area (Å²) in [6.07, 6.45) is -0.0875. The molecule has 0 bridgehead atoms. The molecule has 0 fully saturated rings. The SMILES string of the molecule is CCOC(=O)[C@]1(C(C)=O)Oc2ccc(Cl)cc2[C@@H]1CC(=O)c1ccccc1. The molecular weight excluding hydrogens is 368 g/mol. The average molecular weight is 387 g/mol. The Hall–Kier alpha value is -2.66. The third-order valence-electron chi connectivity index (χ3n) is 4.70. The van der Waals surface area contributed by atoms with Gasteiger partial charge in [0.05, 0.1) is 12.5 Å². The van der Waals surface area contributed by atoms with E-state index in [4.69, 9.17) is 21.1 Å². The van der Waals surface area contributed by atoms with Crippen LogP contribution < -0.4 is 4.74 Å². The lowest BCUT2D eigenvalue weighted by atomic mass is 9.77. The van der Waals surface area contributed by atoms with E-state index in [1.54, 1.807) is 49.4 Å². The molecule has 6 heteroatoms. The zero-order valence-corrected chi connectivity index (χ0v) is 15.8. The smallest absolute Gasteiger partial charge is 0.359 e. The summed E-state index contributed by atoms with van der Waals surface area (Å²) in [5.74, 6) is -1.98. The first kappa shape index (κ1) is 19.1. The molecule has 27 heavy (non-hydrogen) atoms. The molecule has 3 rings (SSSR count). The fraction of sp³-hybridized carbons (Fsp3) is 0.286. The second-order valence-electron chi connectivity index (χ2n) is 6.34. The number of carbonyl (C=O) groups is 3. The van der Waals surface area contributed by atoms with Crippen LogP contribution >= 0.6 is 11.6 Å². The average Bonchev–Trinajstić information content (AvgIpc) is 2.97. The summed E-state index contributed by atoms with van der Waals surface area (Å²) in [6, 6.07) is 13.5. The number of carbonyl (C=O) groups excluding carboxylic acids is 3. The van der Waals surface area contributed by atoms with Gasteiger partial charge >= 0.3 is 5.97 Å². The zero-order chi connectivity index (χ0) is 19.6. The minimum Gasteiger partial charge on any atom is -0.467 e. The minimum absolute atomic E-state index is 0.0875. The van der Waals surface area contributed by atoms with Gasteiger partial charge in [-0.2, -0.15) is 0 Å². The maximum absolute atomic E-state index is 12.8. The Morgan fingerprint density at radius 2 is 1.85 bits per heavy atom. The van der Waals surface area contributed by atoms with Gasteiger partial charge in [-0.15, -0.1) is 0 Å². The minimum atomic E-state index is -1.90. The highest BCUT2D eigenvalue weighted by atomic mass is 35.5. The fourth-order valence-corrected chi connectivity index (χ4v) is 3.59. The maximum atomic E-state index is 12.8. The molecule has 0 aromatic heterocycles. The van der Waals surface area contributed by atoms with Crippen molar-refractivity contribution in [2.75, 3.05) is 6.61 Å². The van der Waals surface area contributed by atoms with Crippen LogP contribution in [0.25, 0.3) is 0 Å².